The number of nitrogens with one attached hydrogen (secondary N) is 1. The molecule has 5 nitrogen and oxygen atoms in total. The molecule has 1 N–H and O–H groups in total. The summed E-state index contributed by atoms with van der Waals surface area (Å²) in [5.41, 5.74) is 0.267. The predicted molar refractivity (Wildman–Crippen MR) is 96.3 cm³/mol. The summed E-state index contributed by atoms with van der Waals surface area (Å²) >= 11 is 0. The number of esters is 1. The summed E-state index contributed by atoms with van der Waals surface area (Å²) in [6.45, 7) is 0. The first-order chi connectivity index (χ1) is 12.9. The van der Waals surface area contributed by atoms with Gasteiger partial charge in [-0.25, -0.2) is 13.6 Å². The van der Waals surface area contributed by atoms with Gasteiger partial charge in [-0.3, -0.25) is 9.00 Å². The van der Waals surface area contributed by atoms with Gasteiger partial charge in [-0.15, -0.1) is 0 Å². The van der Waals surface area contributed by atoms with Crippen LogP contribution in [0.25, 0.3) is 0 Å². The van der Waals surface area contributed by atoms with Gasteiger partial charge in [0.15, 0.2) is 11.6 Å². The Morgan fingerprint density at radius 2 is 1.81 bits per heavy atom. The summed E-state index contributed by atoms with van der Waals surface area (Å²) in [4.78, 5) is 24.7. The van der Waals surface area contributed by atoms with Crippen LogP contribution in [0.4, 0.5) is 8.78 Å². The normalized spacial score (nSPS) is 12.9. The molecule has 27 heavy (non-hydrogen) atoms. The van der Waals surface area contributed by atoms with Gasteiger partial charge in [0.2, 0.25) is 5.91 Å². The molecule has 0 spiro atoms. The third-order valence-electron chi connectivity index (χ3n) is 3.77. The first kappa shape index (κ1) is 20.7. The van der Waals surface area contributed by atoms with Crippen molar-refractivity contribution in [3.05, 3.63) is 65.7 Å². The van der Waals surface area contributed by atoms with Crippen LogP contribution in [0.5, 0.6) is 0 Å². The molecule has 0 saturated heterocycles. The van der Waals surface area contributed by atoms with E-state index in [1.54, 1.807) is 30.3 Å². The zero-order valence-corrected chi connectivity index (χ0v) is 15.4. The largest absolute Gasteiger partial charge is 0.467 e. The van der Waals surface area contributed by atoms with Crippen molar-refractivity contribution in [3.8, 4) is 0 Å². The second kappa shape index (κ2) is 9.91. The standard InChI is InChI=1S/C19H19F2NO4S/c1-26-19(24)17(9-10-27(25)14-5-3-2-4-6-14)22-18(23)12-13-7-8-15(20)16(21)11-13/h2-8,11,17H,9-10,12H2,1H3,(H,22,23)/t17-,27+/m0/s1. The van der Waals surface area contributed by atoms with Crippen molar-refractivity contribution in [1.82, 2.24) is 5.32 Å². The van der Waals surface area contributed by atoms with E-state index in [1.807, 2.05) is 0 Å². The molecule has 2 atom stereocenters. The van der Waals surface area contributed by atoms with Crippen LogP contribution >= 0.6 is 0 Å². The minimum Gasteiger partial charge on any atom is -0.467 e. The molecule has 2 aromatic rings. The summed E-state index contributed by atoms with van der Waals surface area (Å²) < 4.78 is 43.1. The van der Waals surface area contributed by atoms with Crippen molar-refractivity contribution >= 4 is 22.7 Å². The van der Waals surface area contributed by atoms with Crippen LogP contribution in [-0.4, -0.2) is 35.0 Å². The number of rotatable bonds is 8. The molecular weight excluding hydrogens is 376 g/mol. The Morgan fingerprint density at radius 1 is 1.11 bits per heavy atom. The molecule has 0 saturated carbocycles. The molecule has 0 fully saturated rings. The average molecular weight is 395 g/mol. The van der Waals surface area contributed by atoms with Gasteiger partial charge in [0, 0.05) is 10.6 Å². The third kappa shape index (κ3) is 6.25. The number of hydrogen-bond donors (Lipinski definition) is 1. The van der Waals surface area contributed by atoms with E-state index in [1.165, 1.54) is 13.2 Å². The van der Waals surface area contributed by atoms with Gasteiger partial charge in [-0.1, -0.05) is 24.3 Å². The highest BCUT2D eigenvalue weighted by Crippen LogP contribution is 2.11. The lowest BCUT2D eigenvalue weighted by molar-refractivity contribution is -0.145. The second-order valence-electron chi connectivity index (χ2n) is 5.72. The Hall–Kier alpha value is -2.61. The summed E-state index contributed by atoms with van der Waals surface area (Å²) in [7, 11) is -0.146. The monoisotopic (exact) mass is 395 g/mol. The maximum atomic E-state index is 13.2. The quantitative estimate of drug-likeness (QED) is 0.697. The van der Waals surface area contributed by atoms with Crippen molar-refractivity contribution in [1.29, 1.82) is 0 Å². The van der Waals surface area contributed by atoms with Gasteiger partial charge in [-0.05, 0) is 36.2 Å². The molecule has 0 bridgehead atoms. The highest BCUT2D eigenvalue weighted by Gasteiger charge is 2.22. The van der Waals surface area contributed by atoms with E-state index in [0.717, 1.165) is 12.1 Å². The predicted octanol–water partition coefficient (Wildman–Crippen LogP) is 2.36. The van der Waals surface area contributed by atoms with Gasteiger partial charge in [0.05, 0.1) is 24.3 Å². The van der Waals surface area contributed by atoms with Crippen LogP contribution < -0.4 is 5.32 Å². The average Bonchev–Trinajstić information content (AvgIpc) is 2.67. The zero-order valence-electron chi connectivity index (χ0n) is 14.6. The van der Waals surface area contributed by atoms with E-state index in [0.29, 0.717) is 4.90 Å². The minimum absolute atomic E-state index is 0.109. The van der Waals surface area contributed by atoms with Crippen LogP contribution in [-0.2, 0) is 31.5 Å². The zero-order chi connectivity index (χ0) is 19.8. The molecule has 2 aromatic carbocycles. The smallest absolute Gasteiger partial charge is 0.328 e. The highest BCUT2D eigenvalue weighted by atomic mass is 32.2. The van der Waals surface area contributed by atoms with Gasteiger partial charge in [0.1, 0.15) is 6.04 Å². The van der Waals surface area contributed by atoms with Gasteiger partial charge in [-0.2, -0.15) is 0 Å². The Kier molecular flexibility index (Phi) is 7.60. The fraction of sp³-hybridized carbons (Fsp3) is 0.263. The van der Waals surface area contributed by atoms with Gasteiger partial charge >= 0.3 is 5.97 Å². The number of methoxy groups -OCH3 is 1. The SMILES string of the molecule is COC(=O)[C@H](CC[S@@](=O)c1ccccc1)NC(=O)Cc1ccc(F)c(F)c1. The Bertz CT molecular complexity index is 830. The molecule has 0 radical (unpaired) electrons. The molecule has 0 heterocycles. The fourth-order valence-electron chi connectivity index (χ4n) is 2.39. The topological polar surface area (TPSA) is 72.5 Å². The number of halogens is 2. The lowest BCUT2D eigenvalue weighted by Crippen LogP contribution is -2.43. The summed E-state index contributed by atoms with van der Waals surface area (Å²) in [5, 5.41) is 2.49. The van der Waals surface area contributed by atoms with Crippen LogP contribution in [0.15, 0.2) is 53.4 Å². The van der Waals surface area contributed by atoms with E-state index >= 15 is 0 Å². The van der Waals surface area contributed by atoms with Crippen molar-refractivity contribution in [3.63, 3.8) is 0 Å². The fourth-order valence-corrected chi connectivity index (χ4v) is 3.53. The highest BCUT2D eigenvalue weighted by molar-refractivity contribution is 7.85. The Balaban J connectivity index is 1.96. The third-order valence-corrected chi connectivity index (χ3v) is 5.17. The molecule has 0 aliphatic rings. The van der Waals surface area contributed by atoms with Crippen LogP contribution in [0, 0.1) is 11.6 Å². The van der Waals surface area contributed by atoms with Gasteiger partial charge in [0.25, 0.3) is 0 Å². The first-order valence-electron chi connectivity index (χ1n) is 8.15. The maximum absolute atomic E-state index is 13.2. The second-order valence-corrected chi connectivity index (χ2v) is 7.29. The molecule has 0 unspecified atom stereocenters. The molecule has 1 amide bonds. The summed E-state index contributed by atoms with van der Waals surface area (Å²) in [6.07, 6.45) is -0.121. The number of carbonyl (C=O) groups excluding carboxylic acids is 2. The summed E-state index contributed by atoms with van der Waals surface area (Å²) in [5.74, 6) is -3.13. The number of amides is 1. The number of carbonyl (C=O) groups is 2. The van der Waals surface area contributed by atoms with E-state index in [9.17, 15) is 22.6 Å². The van der Waals surface area contributed by atoms with Crippen molar-refractivity contribution in [2.45, 2.75) is 23.8 Å². The minimum atomic E-state index is -1.33. The lowest BCUT2D eigenvalue weighted by Gasteiger charge is -2.16. The van der Waals surface area contributed by atoms with E-state index in [-0.39, 0.29) is 24.2 Å². The number of benzene rings is 2. The van der Waals surface area contributed by atoms with Crippen LogP contribution in [0.2, 0.25) is 0 Å². The van der Waals surface area contributed by atoms with Gasteiger partial charge < -0.3 is 10.1 Å². The molecule has 8 heteroatoms. The Morgan fingerprint density at radius 3 is 2.44 bits per heavy atom. The molecular formula is C19H19F2NO4S. The molecule has 2 rings (SSSR count). The van der Waals surface area contributed by atoms with Crippen molar-refractivity contribution in [2.75, 3.05) is 12.9 Å². The van der Waals surface area contributed by atoms with E-state index in [2.05, 4.69) is 10.1 Å². The Labute approximate surface area is 158 Å². The number of hydrogen-bond acceptors (Lipinski definition) is 4. The first-order valence-corrected chi connectivity index (χ1v) is 9.47. The summed E-state index contributed by atoms with van der Waals surface area (Å²) in [6, 6.07) is 10.9. The van der Waals surface area contributed by atoms with Crippen molar-refractivity contribution < 1.29 is 27.3 Å². The molecule has 0 aromatic heterocycles. The molecule has 0 aliphatic heterocycles. The van der Waals surface area contributed by atoms with Crippen LogP contribution in [0.1, 0.15) is 12.0 Å². The van der Waals surface area contributed by atoms with E-state index < -0.39 is 40.4 Å². The molecule has 144 valence electrons. The van der Waals surface area contributed by atoms with E-state index in [4.69, 9.17) is 0 Å². The lowest BCUT2D eigenvalue weighted by atomic mass is 10.1. The van der Waals surface area contributed by atoms with Crippen molar-refractivity contribution in [2.24, 2.45) is 0 Å². The number of ether oxygens (including phenoxy) is 1. The maximum Gasteiger partial charge on any atom is 0.328 e. The molecule has 0 aliphatic carbocycles. The van der Waals surface area contributed by atoms with Crippen LogP contribution in [0.3, 0.4) is 0 Å².